The molecule has 37 heavy (non-hydrogen) atoms. The van der Waals surface area contributed by atoms with Gasteiger partial charge in [0.25, 0.3) is 0 Å². The van der Waals surface area contributed by atoms with E-state index in [4.69, 9.17) is 4.74 Å². The number of carboxylic acid groups (broad SMARTS) is 1. The molecule has 2 saturated carbocycles. The van der Waals surface area contributed by atoms with E-state index in [1.807, 2.05) is 0 Å². The third kappa shape index (κ3) is 4.25. The quantitative estimate of drug-likeness (QED) is 0.277. The lowest BCUT2D eigenvalue weighted by molar-refractivity contribution is -0.165. The first-order valence-corrected chi connectivity index (χ1v) is 14.6. The van der Waals surface area contributed by atoms with E-state index in [0.29, 0.717) is 18.3 Å². The normalized spacial score (nSPS) is 39.0. The number of aliphatic carboxylic acids is 1. The fraction of sp³-hybridized carbons (Fsp3) is 0.758. The van der Waals surface area contributed by atoms with Crippen molar-refractivity contribution >= 4 is 11.9 Å². The molecule has 0 spiro atoms. The van der Waals surface area contributed by atoms with Gasteiger partial charge >= 0.3 is 11.9 Å². The van der Waals surface area contributed by atoms with Crippen LogP contribution in [0.1, 0.15) is 107 Å². The van der Waals surface area contributed by atoms with Gasteiger partial charge in [-0.1, -0.05) is 72.8 Å². The van der Waals surface area contributed by atoms with Crippen LogP contribution in [0.5, 0.6) is 0 Å². The Labute approximate surface area is 225 Å². The Hall–Kier alpha value is -1.84. The second-order valence-electron chi connectivity index (χ2n) is 14.3. The lowest BCUT2D eigenvalue weighted by Gasteiger charge is -2.61. The third-order valence-electron chi connectivity index (χ3n) is 11.9. The number of carbonyl (C=O) groups is 2. The van der Waals surface area contributed by atoms with Gasteiger partial charge in [-0.3, -0.25) is 9.59 Å². The molecule has 4 nitrogen and oxygen atoms in total. The molecule has 4 heteroatoms. The van der Waals surface area contributed by atoms with Crippen molar-refractivity contribution in [2.75, 3.05) is 0 Å². The van der Waals surface area contributed by atoms with E-state index in [9.17, 15) is 14.7 Å². The maximum Gasteiger partial charge on any atom is 0.306 e. The molecule has 4 rings (SSSR count). The van der Waals surface area contributed by atoms with Crippen molar-refractivity contribution in [3.63, 3.8) is 0 Å². The minimum atomic E-state index is -0.642. The van der Waals surface area contributed by atoms with Crippen LogP contribution in [0.3, 0.4) is 0 Å². The van der Waals surface area contributed by atoms with Crippen molar-refractivity contribution in [1.29, 1.82) is 0 Å². The SMILES string of the molecule is C=C(CC[C@H](C(=O)O)[C@@H]1CC[C@]2(C)C3=CC[C@H]4C(C)(C)[C@@H](OC(C)=O)CC[C@]4(C)C3=CC[C@@]12C)C(C)C. The average molecular weight is 511 g/mol. The van der Waals surface area contributed by atoms with Gasteiger partial charge in [0.15, 0.2) is 0 Å². The van der Waals surface area contributed by atoms with Gasteiger partial charge in [-0.25, -0.2) is 0 Å². The molecular weight excluding hydrogens is 460 g/mol. The van der Waals surface area contributed by atoms with Crippen LogP contribution < -0.4 is 0 Å². The van der Waals surface area contributed by atoms with Crippen LogP contribution in [0.25, 0.3) is 0 Å². The lowest BCUT2D eigenvalue weighted by Crippen LogP contribution is -2.55. The minimum absolute atomic E-state index is 0.0185. The highest BCUT2D eigenvalue weighted by Crippen LogP contribution is 2.72. The summed E-state index contributed by atoms with van der Waals surface area (Å²) in [5.74, 6) is -0.196. The highest BCUT2D eigenvalue weighted by molar-refractivity contribution is 5.71. The zero-order valence-electron chi connectivity index (χ0n) is 24.6. The predicted molar refractivity (Wildman–Crippen MR) is 149 cm³/mol. The molecule has 7 atom stereocenters. The summed E-state index contributed by atoms with van der Waals surface area (Å²) >= 11 is 0. The van der Waals surface area contributed by atoms with E-state index in [0.717, 1.165) is 50.5 Å². The number of hydrogen-bond donors (Lipinski definition) is 1. The van der Waals surface area contributed by atoms with E-state index >= 15 is 0 Å². The van der Waals surface area contributed by atoms with Crippen molar-refractivity contribution in [1.82, 2.24) is 0 Å². The van der Waals surface area contributed by atoms with Gasteiger partial charge in [0, 0.05) is 12.3 Å². The first kappa shape index (κ1) is 28.2. The van der Waals surface area contributed by atoms with Gasteiger partial charge in [-0.2, -0.15) is 0 Å². The maximum atomic E-state index is 12.6. The zero-order chi connectivity index (χ0) is 27.6. The van der Waals surface area contributed by atoms with Crippen molar-refractivity contribution in [2.45, 2.75) is 113 Å². The van der Waals surface area contributed by atoms with Crippen molar-refractivity contribution < 1.29 is 19.4 Å². The first-order valence-electron chi connectivity index (χ1n) is 14.6. The van der Waals surface area contributed by atoms with E-state index in [2.05, 4.69) is 67.2 Å². The molecule has 0 unspecified atom stereocenters. The van der Waals surface area contributed by atoms with Crippen LogP contribution in [-0.4, -0.2) is 23.1 Å². The minimum Gasteiger partial charge on any atom is -0.481 e. The molecule has 0 aliphatic heterocycles. The molecule has 0 aromatic carbocycles. The van der Waals surface area contributed by atoms with Gasteiger partial charge in [0.05, 0.1) is 5.92 Å². The number of carboxylic acids is 1. The predicted octanol–water partition coefficient (Wildman–Crippen LogP) is 8.14. The fourth-order valence-corrected chi connectivity index (χ4v) is 9.20. The monoisotopic (exact) mass is 510 g/mol. The van der Waals surface area contributed by atoms with Gasteiger partial charge in [0.2, 0.25) is 0 Å². The largest absolute Gasteiger partial charge is 0.481 e. The fourth-order valence-electron chi connectivity index (χ4n) is 9.20. The molecule has 206 valence electrons. The second kappa shape index (κ2) is 9.42. The molecular formula is C33H50O4. The number of esters is 1. The number of carbonyl (C=O) groups excluding carboxylic acids is 1. The highest BCUT2D eigenvalue weighted by Gasteiger charge is 2.64. The van der Waals surface area contributed by atoms with Crippen LogP contribution in [0, 0.1) is 45.3 Å². The Morgan fingerprint density at radius 3 is 2.35 bits per heavy atom. The van der Waals surface area contributed by atoms with Gasteiger partial charge in [-0.15, -0.1) is 0 Å². The molecule has 1 N–H and O–H groups in total. The van der Waals surface area contributed by atoms with Crippen molar-refractivity contribution in [2.24, 2.45) is 45.3 Å². The summed E-state index contributed by atoms with van der Waals surface area (Å²) in [4.78, 5) is 24.4. The summed E-state index contributed by atoms with van der Waals surface area (Å²) < 4.78 is 5.82. The van der Waals surface area contributed by atoms with Crippen molar-refractivity contribution in [3.8, 4) is 0 Å². The molecule has 0 radical (unpaired) electrons. The zero-order valence-corrected chi connectivity index (χ0v) is 24.6. The van der Waals surface area contributed by atoms with Crippen LogP contribution in [-0.2, 0) is 14.3 Å². The molecule has 0 bridgehead atoms. The smallest absolute Gasteiger partial charge is 0.306 e. The Morgan fingerprint density at radius 1 is 1.08 bits per heavy atom. The van der Waals surface area contributed by atoms with E-state index in [-0.39, 0.29) is 45.6 Å². The summed E-state index contributed by atoms with van der Waals surface area (Å²) in [5.41, 5.74) is 4.00. The molecule has 4 aliphatic rings. The maximum absolute atomic E-state index is 12.6. The topological polar surface area (TPSA) is 63.6 Å². The standard InChI is InChI=1S/C33H50O4/c1-20(2)21(3)10-11-23(29(35)36)24-14-18-33(9)26-12-13-27-30(5,6)28(37-22(4)34)16-17-31(27,7)25(26)15-19-32(24,33)8/h12,15,20,23-24,27-28H,3,10-11,13-14,16-19H2,1-2,4-9H3,(H,35,36)/t23-,24-,27-,28-,31+,32-,33+/m0/s1. The van der Waals surface area contributed by atoms with E-state index in [1.54, 1.807) is 0 Å². The van der Waals surface area contributed by atoms with Crippen LogP contribution in [0.4, 0.5) is 0 Å². The summed E-state index contributed by atoms with van der Waals surface area (Å²) in [6, 6.07) is 0. The summed E-state index contributed by atoms with van der Waals surface area (Å²) in [5, 5.41) is 10.4. The van der Waals surface area contributed by atoms with Gasteiger partial charge in [0.1, 0.15) is 6.10 Å². The number of hydrogen-bond acceptors (Lipinski definition) is 3. The van der Waals surface area contributed by atoms with Gasteiger partial charge in [-0.05, 0) is 96.5 Å². The molecule has 2 fully saturated rings. The third-order valence-corrected chi connectivity index (χ3v) is 11.9. The number of rotatable bonds is 7. The van der Waals surface area contributed by atoms with Crippen molar-refractivity contribution in [3.05, 3.63) is 35.5 Å². The first-order chi connectivity index (χ1) is 17.1. The molecule has 4 aliphatic carbocycles. The summed E-state index contributed by atoms with van der Waals surface area (Å²) in [6.45, 7) is 21.8. The van der Waals surface area contributed by atoms with Crippen LogP contribution in [0.15, 0.2) is 35.5 Å². The Bertz CT molecular complexity index is 1030. The Balaban J connectivity index is 1.66. The molecule has 0 heterocycles. The molecule has 0 aromatic heterocycles. The van der Waals surface area contributed by atoms with Crippen LogP contribution >= 0.6 is 0 Å². The Kier molecular flexibility index (Phi) is 7.17. The second-order valence-corrected chi connectivity index (χ2v) is 14.3. The van der Waals surface area contributed by atoms with Gasteiger partial charge < -0.3 is 9.84 Å². The summed E-state index contributed by atoms with van der Waals surface area (Å²) in [6.07, 6.45) is 12.3. The number of allylic oxidation sites excluding steroid dienone is 5. The lowest BCUT2D eigenvalue weighted by atomic mass is 9.44. The van der Waals surface area contributed by atoms with E-state index < -0.39 is 5.97 Å². The molecule has 0 saturated heterocycles. The van der Waals surface area contributed by atoms with E-state index in [1.165, 1.54) is 18.1 Å². The summed E-state index contributed by atoms with van der Waals surface area (Å²) in [7, 11) is 0. The number of fused-ring (bicyclic) bond motifs is 5. The molecule has 0 aromatic rings. The molecule has 0 amide bonds. The highest BCUT2D eigenvalue weighted by atomic mass is 16.5. The van der Waals surface area contributed by atoms with Crippen LogP contribution in [0.2, 0.25) is 0 Å². The number of ether oxygens (including phenoxy) is 1. The Morgan fingerprint density at radius 2 is 1.76 bits per heavy atom. The average Bonchev–Trinajstić information content (AvgIpc) is 3.07.